The van der Waals surface area contributed by atoms with E-state index < -0.39 is 6.61 Å². The average Bonchev–Trinajstić information content (AvgIpc) is 3.53. The van der Waals surface area contributed by atoms with Crippen molar-refractivity contribution >= 4 is 34.8 Å². The number of tetrazole rings is 1. The standard InChI is InChI=1S/C25H23F2N9O2S/c1-15-13-17(5-8-19(15)23(37)29-10-12-39-25-32-33-34-35(25)2)31-21-22-30-14-20(36(22)11-9-28-21)16-3-6-18(7-4-16)38-24(26)27/h3-9,11,13-14,24H,10,12H2,1-2H3,(H,28,31)(H,29,37). The van der Waals surface area contributed by atoms with Crippen molar-refractivity contribution in [3.05, 3.63) is 72.2 Å². The second-order valence-corrected chi connectivity index (χ2v) is 9.42. The van der Waals surface area contributed by atoms with Crippen LogP contribution in [0.25, 0.3) is 16.9 Å². The Morgan fingerprint density at radius 3 is 2.69 bits per heavy atom. The number of rotatable bonds is 10. The number of hydrogen-bond acceptors (Lipinski definition) is 9. The van der Waals surface area contributed by atoms with Crippen molar-refractivity contribution in [3.63, 3.8) is 0 Å². The van der Waals surface area contributed by atoms with Crippen LogP contribution in [0.5, 0.6) is 5.75 Å². The van der Waals surface area contributed by atoms with Crippen LogP contribution in [0, 0.1) is 6.92 Å². The van der Waals surface area contributed by atoms with Gasteiger partial charge in [0.2, 0.25) is 5.16 Å². The van der Waals surface area contributed by atoms with E-state index in [4.69, 9.17) is 0 Å². The lowest BCUT2D eigenvalue weighted by Crippen LogP contribution is -2.26. The van der Waals surface area contributed by atoms with Gasteiger partial charge in [-0.3, -0.25) is 9.20 Å². The molecular formula is C25H23F2N9O2S. The highest BCUT2D eigenvalue weighted by atomic mass is 32.2. The van der Waals surface area contributed by atoms with E-state index in [9.17, 15) is 13.6 Å². The van der Waals surface area contributed by atoms with E-state index in [2.05, 4.69) is 40.9 Å². The van der Waals surface area contributed by atoms with Gasteiger partial charge in [0.05, 0.1) is 11.9 Å². The van der Waals surface area contributed by atoms with E-state index in [-0.39, 0.29) is 11.7 Å². The molecule has 14 heteroatoms. The Labute approximate surface area is 225 Å². The monoisotopic (exact) mass is 551 g/mol. The molecule has 5 aromatic rings. The summed E-state index contributed by atoms with van der Waals surface area (Å²) in [5, 5.41) is 18.1. The van der Waals surface area contributed by atoms with Crippen LogP contribution in [-0.4, -0.2) is 59.4 Å². The van der Waals surface area contributed by atoms with Gasteiger partial charge in [-0.15, -0.1) is 5.10 Å². The number of aromatic nitrogens is 7. The first-order valence-corrected chi connectivity index (χ1v) is 12.8. The number of benzene rings is 2. The number of hydrogen-bond donors (Lipinski definition) is 2. The van der Waals surface area contributed by atoms with Gasteiger partial charge in [0.1, 0.15) is 5.75 Å². The summed E-state index contributed by atoms with van der Waals surface area (Å²) in [4.78, 5) is 21.6. The van der Waals surface area contributed by atoms with E-state index >= 15 is 0 Å². The molecule has 200 valence electrons. The van der Waals surface area contributed by atoms with Gasteiger partial charge >= 0.3 is 6.61 Å². The van der Waals surface area contributed by atoms with E-state index in [0.29, 0.717) is 34.5 Å². The van der Waals surface area contributed by atoms with Crippen molar-refractivity contribution in [1.29, 1.82) is 0 Å². The predicted molar refractivity (Wildman–Crippen MR) is 141 cm³/mol. The van der Waals surface area contributed by atoms with Crippen LogP contribution in [0.4, 0.5) is 20.3 Å². The minimum atomic E-state index is -2.88. The second kappa shape index (κ2) is 11.4. The molecule has 0 atom stereocenters. The number of ether oxygens (including phenoxy) is 1. The summed E-state index contributed by atoms with van der Waals surface area (Å²) in [5.74, 6) is 1.07. The average molecular weight is 552 g/mol. The van der Waals surface area contributed by atoms with Crippen LogP contribution in [0.2, 0.25) is 0 Å². The zero-order chi connectivity index (χ0) is 27.4. The molecule has 1 amide bonds. The van der Waals surface area contributed by atoms with Crippen molar-refractivity contribution < 1.29 is 18.3 Å². The fourth-order valence-electron chi connectivity index (χ4n) is 3.91. The molecule has 0 fully saturated rings. The van der Waals surface area contributed by atoms with E-state index in [1.807, 2.05) is 17.4 Å². The fraction of sp³-hybridized carbons (Fsp3) is 0.200. The van der Waals surface area contributed by atoms with Gasteiger partial charge in [-0.25, -0.2) is 14.6 Å². The Hall–Kier alpha value is -4.59. The van der Waals surface area contributed by atoms with Crippen LogP contribution in [-0.2, 0) is 7.05 Å². The molecule has 39 heavy (non-hydrogen) atoms. The number of fused-ring (bicyclic) bond motifs is 1. The Kier molecular flexibility index (Phi) is 7.63. The smallest absolute Gasteiger partial charge is 0.387 e. The topological polar surface area (TPSA) is 124 Å². The number of halogens is 2. The number of alkyl halides is 2. The predicted octanol–water partition coefficient (Wildman–Crippen LogP) is 4.10. The van der Waals surface area contributed by atoms with Crippen LogP contribution < -0.4 is 15.4 Å². The lowest BCUT2D eigenvalue weighted by molar-refractivity contribution is -0.0498. The maximum absolute atomic E-state index is 12.7. The third kappa shape index (κ3) is 5.95. The van der Waals surface area contributed by atoms with E-state index in [0.717, 1.165) is 22.5 Å². The Bertz CT molecular complexity index is 1610. The third-order valence-electron chi connectivity index (χ3n) is 5.74. The Morgan fingerprint density at radius 1 is 1.15 bits per heavy atom. The molecule has 3 aromatic heterocycles. The summed E-state index contributed by atoms with van der Waals surface area (Å²) < 4.78 is 32.8. The molecule has 0 saturated carbocycles. The maximum atomic E-state index is 12.7. The van der Waals surface area contributed by atoms with Crippen molar-refractivity contribution in [2.45, 2.75) is 18.7 Å². The zero-order valence-electron chi connectivity index (χ0n) is 20.9. The number of carbonyl (C=O) groups is 1. The molecule has 0 unspecified atom stereocenters. The minimum Gasteiger partial charge on any atom is -0.435 e. The summed E-state index contributed by atoms with van der Waals surface area (Å²) in [6, 6.07) is 11.8. The van der Waals surface area contributed by atoms with Gasteiger partial charge in [-0.1, -0.05) is 11.8 Å². The number of anilines is 2. The number of nitrogens with zero attached hydrogens (tertiary/aromatic N) is 7. The van der Waals surface area contributed by atoms with Crippen LogP contribution in [0.1, 0.15) is 15.9 Å². The molecule has 2 N–H and O–H groups in total. The summed E-state index contributed by atoms with van der Waals surface area (Å²) in [6.45, 7) is -0.550. The highest BCUT2D eigenvalue weighted by Gasteiger charge is 2.14. The summed E-state index contributed by atoms with van der Waals surface area (Å²) in [7, 11) is 1.76. The highest BCUT2D eigenvalue weighted by Crippen LogP contribution is 2.27. The molecule has 11 nitrogen and oxygen atoms in total. The Balaban J connectivity index is 1.26. The first-order chi connectivity index (χ1) is 18.9. The molecule has 0 bridgehead atoms. The number of amides is 1. The highest BCUT2D eigenvalue weighted by molar-refractivity contribution is 7.99. The number of carbonyl (C=O) groups excluding carboxylic acids is 1. The van der Waals surface area contributed by atoms with Crippen molar-refractivity contribution in [1.82, 2.24) is 39.9 Å². The molecule has 0 spiro atoms. The van der Waals surface area contributed by atoms with Gasteiger partial charge in [0.25, 0.3) is 5.91 Å². The Morgan fingerprint density at radius 2 is 1.97 bits per heavy atom. The van der Waals surface area contributed by atoms with Gasteiger partial charge in [-0.05, 0) is 65.4 Å². The van der Waals surface area contributed by atoms with Gasteiger partial charge in [-0.2, -0.15) is 8.78 Å². The first-order valence-electron chi connectivity index (χ1n) is 11.8. The fourth-order valence-corrected chi connectivity index (χ4v) is 4.61. The number of nitrogens with one attached hydrogen (secondary N) is 2. The second-order valence-electron chi connectivity index (χ2n) is 8.36. The van der Waals surface area contributed by atoms with Crippen LogP contribution in [0.15, 0.2) is 66.2 Å². The van der Waals surface area contributed by atoms with Gasteiger partial charge in [0.15, 0.2) is 11.5 Å². The first kappa shape index (κ1) is 26.0. The summed E-state index contributed by atoms with van der Waals surface area (Å²) in [6.07, 6.45) is 5.09. The third-order valence-corrected chi connectivity index (χ3v) is 6.75. The molecule has 0 aliphatic heterocycles. The lowest BCUT2D eigenvalue weighted by Gasteiger charge is -2.11. The van der Waals surface area contributed by atoms with Crippen LogP contribution in [0.3, 0.4) is 0 Å². The molecule has 0 aliphatic carbocycles. The SMILES string of the molecule is Cc1cc(Nc2nccn3c(-c4ccc(OC(F)F)cc4)cnc23)ccc1C(=O)NCCSc1nnnn1C. The molecule has 5 rings (SSSR count). The van der Waals surface area contributed by atoms with E-state index in [1.165, 1.54) is 23.9 Å². The van der Waals surface area contributed by atoms with Crippen molar-refractivity contribution in [2.75, 3.05) is 17.6 Å². The van der Waals surface area contributed by atoms with Crippen LogP contribution >= 0.6 is 11.8 Å². The van der Waals surface area contributed by atoms with Gasteiger partial charge in [0, 0.05) is 48.6 Å². The van der Waals surface area contributed by atoms with E-state index in [1.54, 1.807) is 54.6 Å². The summed E-state index contributed by atoms with van der Waals surface area (Å²) in [5.41, 5.74) is 4.22. The van der Waals surface area contributed by atoms with Crippen molar-refractivity contribution in [2.24, 2.45) is 7.05 Å². The minimum absolute atomic E-state index is 0.0810. The molecule has 2 aromatic carbocycles. The number of aryl methyl sites for hydroxylation is 2. The molecule has 0 radical (unpaired) electrons. The number of imidazole rings is 1. The molecule has 0 saturated heterocycles. The molecule has 3 heterocycles. The lowest BCUT2D eigenvalue weighted by atomic mass is 10.1. The number of thioether (sulfide) groups is 1. The quantitative estimate of drug-likeness (QED) is 0.195. The zero-order valence-corrected chi connectivity index (χ0v) is 21.7. The molecular weight excluding hydrogens is 528 g/mol. The molecule has 0 aliphatic rings. The largest absolute Gasteiger partial charge is 0.435 e. The maximum Gasteiger partial charge on any atom is 0.387 e. The van der Waals surface area contributed by atoms with Crippen molar-refractivity contribution in [3.8, 4) is 17.0 Å². The van der Waals surface area contributed by atoms with Gasteiger partial charge < -0.3 is 15.4 Å². The normalized spacial score (nSPS) is 11.2. The summed E-state index contributed by atoms with van der Waals surface area (Å²) >= 11 is 1.46.